The average Bonchev–Trinajstić information content (AvgIpc) is 2.95. The Morgan fingerprint density at radius 2 is 2.20 bits per heavy atom. The molecule has 1 saturated heterocycles. The zero-order chi connectivity index (χ0) is 14.9. The molecule has 10 nitrogen and oxygen atoms in total. The summed E-state index contributed by atoms with van der Waals surface area (Å²) in [5, 5.41) is 23.4. The minimum absolute atomic E-state index is 0.207. The molecular formula is C10H14N4O6. The number of nitrogens with two attached hydrogens (primary N) is 1. The Morgan fingerprint density at radius 3 is 2.75 bits per heavy atom. The van der Waals surface area contributed by atoms with E-state index in [1.54, 1.807) is 0 Å². The van der Waals surface area contributed by atoms with Crippen molar-refractivity contribution in [1.82, 2.24) is 14.8 Å². The lowest BCUT2D eigenvalue weighted by molar-refractivity contribution is -0.147. The molecule has 1 aromatic rings. The van der Waals surface area contributed by atoms with Crippen molar-refractivity contribution < 1.29 is 29.3 Å². The standard InChI is InChI=1S/C10H14N4O6/c1-4(15)19-2-5-6(16)7(17)10(20-5)14-3-12-9(13-14)8(11)18/h3,5-7,10,16-17H,2H2,1H3,(H2,11,18)/t5-,6+,7+,10-/m1/s1. The fraction of sp³-hybridized carbons (Fsp3) is 0.600. The van der Waals surface area contributed by atoms with Gasteiger partial charge in [0.1, 0.15) is 31.2 Å². The summed E-state index contributed by atoms with van der Waals surface area (Å²) in [5.74, 6) is -1.59. The van der Waals surface area contributed by atoms with Crippen molar-refractivity contribution in [3.05, 3.63) is 12.2 Å². The number of nitrogens with zero attached hydrogens (tertiary/aromatic N) is 3. The molecule has 2 heterocycles. The second-order valence-corrected chi connectivity index (χ2v) is 4.26. The van der Waals surface area contributed by atoms with Crippen molar-refractivity contribution >= 4 is 11.9 Å². The zero-order valence-corrected chi connectivity index (χ0v) is 10.5. The smallest absolute Gasteiger partial charge is 0.302 e. The summed E-state index contributed by atoms with van der Waals surface area (Å²) in [7, 11) is 0. The van der Waals surface area contributed by atoms with Gasteiger partial charge in [-0.3, -0.25) is 9.59 Å². The Morgan fingerprint density at radius 1 is 1.50 bits per heavy atom. The molecule has 110 valence electrons. The van der Waals surface area contributed by atoms with Crippen LogP contribution in [0.1, 0.15) is 23.8 Å². The molecule has 1 amide bonds. The van der Waals surface area contributed by atoms with Crippen LogP contribution in [-0.2, 0) is 14.3 Å². The highest BCUT2D eigenvalue weighted by atomic mass is 16.6. The fourth-order valence-corrected chi connectivity index (χ4v) is 1.80. The number of primary amides is 1. The molecule has 10 heteroatoms. The molecule has 0 unspecified atom stereocenters. The summed E-state index contributed by atoms with van der Waals surface area (Å²) < 4.78 is 11.1. The monoisotopic (exact) mass is 286 g/mol. The van der Waals surface area contributed by atoms with E-state index in [-0.39, 0.29) is 12.4 Å². The second kappa shape index (κ2) is 5.53. The van der Waals surface area contributed by atoms with Gasteiger partial charge in [0, 0.05) is 6.92 Å². The Labute approximate surface area is 113 Å². The van der Waals surface area contributed by atoms with Crippen molar-refractivity contribution in [3.63, 3.8) is 0 Å². The highest BCUT2D eigenvalue weighted by molar-refractivity contribution is 5.88. The number of carbonyl (C=O) groups excluding carboxylic acids is 2. The van der Waals surface area contributed by atoms with Gasteiger partial charge in [0.15, 0.2) is 6.23 Å². The minimum Gasteiger partial charge on any atom is -0.463 e. The lowest BCUT2D eigenvalue weighted by Crippen LogP contribution is -2.34. The molecule has 20 heavy (non-hydrogen) atoms. The van der Waals surface area contributed by atoms with Crippen LogP contribution in [0.25, 0.3) is 0 Å². The summed E-state index contributed by atoms with van der Waals surface area (Å²) in [4.78, 5) is 25.2. The summed E-state index contributed by atoms with van der Waals surface area (Å²) in [6, 6.07) is 0. The zero-order valence-electron chi connectivity index (χ0n) is 10.5. The first-order valence-corrected chi connectivity index (χ1v) is 5.76. The highest BCUT2D eigenvalue weighted by Gasteiger charge is 2.44. The van der Waals surface area contributed by atoms with E-state index in [0.717, 1.165) is 11.0 Å². The number of ether oxygens (including phenoxy) is 2. The SMILES string of the molecule is CC(=O)OC[C@H]1O[C@@H](n2cnc(C(N)=O)n2)[C@@H](O)[C@H]1O. The number of aliphatic hydroxyl groups excluding tert-OH is 2. The molecule has 0 aliphatic carbocycles. The van der Waals surface area contributed by atoms with E-state index >= 15 is 0 Å². The van der Waals surface area contributed by atoms with Crippen LogP contribution in [0.5, 0.6) is 0 Å². The van der Waals surface area contributed by atoms with Crippen LogP contribution in [0.2, 0.25) is 0 Å². The number of aliphatic hydroxyl groups is 2. The predicted octanol–water partition coefficient (Wildman–Crippen LogP) is -2.44. The van der Waals surface area contributed by atoms with Crippen LogP contribution >= 0.6 is 0 Å². The van der Waals surface area contributed by atoms with Gasteiger partial charge in [-0.05, 0) is 0 Å². The van der Waals surface area contributed by atoms with Crippen molar-refractivity contribution in [3.8, 4) is 0 Å². The molecule has 0 bridgehead atoms. The van der Waals surface area contributed by atoms with Gasteiger partial charge in [0.2, 0.25) is 5.82 Å². The van der Waals surface area contributed by atoms with Crippen LogP contribution in [0.4, 0.5) is 0 Å². The van der Waals surface area contributed by atoms with Gasteiger partial charge >= 0.3 is 5.97 Å². The van der Waals surface area contributed by atoms with Crippen LogP contribution < -0.4 is 5.73 Å². The molecule has 1 aliphatic rings. The minimum atomic E-state index is -1.31. The third-order valence-corrected chi connectivity index (χ3v) is 2.78. The van der Waals surface area contributed by atoms with E-state index in [1.165, 1.54) is 6.92 Å². The van der Waals surface area contributed by atoms with Crippen LogP contribution in [0, 0.1) is 0 Å². The predicted molar refractivity (Wildman–Crippen MR) is 61.1 cm³/mol. The maximum absolute atomic E-state index is 10.9. The maximum Gasteiger partial charge on any atom is 0.302 e. The number of esters is 1. The summed E-state index contributed by atoms with van der Waals surface area (Å²) in [6.07, 6.45) is -3.38. The molecular weight excluding hydrogens is 272 g/mol. The Hall–Kier alpha value is -2.04. The Balaban J connectivity index is 2.08. The third-order valence-electron chi connectivity index (χ3n) is 2.78. The first-order valence-electron chi connectivity index (χ1n) is 5.76. The largest absolute Gasteiger partial charge is 0.463 e. The van der Waals surface area contributed by atoms with Crippen LogP contribution in [0.3, 0.4) is 0 Å². The molecule has 0 aromatic carbocycles. The van der Waals surface area contributed by atoms with Gasteiger partial charge in [-0.25, -0.2) is 9.67 Å². The summed E-state index contributed by atoms with van der Waals surface area (Å²) in [5.41, 5.74) is 5.01. The fourth-order valence-electron chi connectivity index (χ4n) is 1.80. The summed E-state index contributed by atoms with van der Waals surface area (Å²) >= 11 is 0. The lowest BCUT2D eigenvalue weighted by Gasteiger charge is -2.13. The molecule has 2 rings (SSSR count). The number of carbonyl (C=O) groups is 2. The molecule has 0 spiro atoms. The van der Waals surface area contributed by atoms with Gasteiger partial charge in [0.05, 0.1) is 0 Å². The van der Waals surface area contributed by atoms with Gasteiger partial charge in [-0.15, -0.1) is 5.10 Å². The number of amides is 1. The number of hydrogen-bond donors (Lipinski definition) is 3. The topological polar surface area (TPSA) is 150 Å². The molecule has 4 atom stereocenters. The van der Waals surface area contributed by atoms with Gasteiger partial charge in [0.25, 0.3) is 5.91 Å². The Bertz CT molecular complexity index is 518. The maximum atomic E-state index is 10.9. The van der Waals surface area contributed by atoms with E-state index in [9.17, 15) is 19.8 Å². The average molecular weight is 286 g/mol. The first-order chi connectivity index (χ1) is 9.40. The van der Waals surface area contributed by atoms with Gasteiger partial charge < -0.3 is 25.4 Å². The number of rotatable bonds is 4. The van der Waals surface area contributed by atoms with Gasteiger partial charge in [-0.1, -0.05) is 0 Å². The van der Waals surface area contributed by atoms with Crippen molar-refractivity contribution in [1.29, 1.82) is 0 Å². The third kappa shape index (κ3) is 2.76. The quantitative estimate of drug-likeness (QED) is 0.516. The van der Waals surface area contributed by atoms with E-state index in [2.05, 4.69) is 10.1 Å². The molecule has 0 radical (unpaired) electrons. The number of aromatic nitrogens is 3. The van der Waals surface area contributed by atoms with E-state index in [4.69, 9.17) is 15.2 Å². The van der Waals surface area contributed by atoms with Crippen molar-refractivity contribution in [2.75, 3.05) is 6.61 Å². The van der Waals surface area contributed by atoms with Crippen LogP contribution in [-0.4, -0.2) is 61.8 Å². The number of hydrogen-bond acceptors (Lipinski definition) is 8. The van der Waals surface area contributed by atoms with E-state index in [0.29, 0.717) is 0 Å². The molecule has 1 aliphatic heterocycles. The summed E-state index contributed by atoms with van der Waals surface area (Å²) in [6.45, 7) is 1.01. The van der Waals surface area contributed by atoms with Crippen molar-refractivity contribution in [2.45, 2.75) is 31.5 Å². The van der Waals surface area contributed by atoms with E-state index in [1.807, 2.05) is 0 Å². The second-order valence-electron chi connectivity index (χ2n) is 4.26. The lowest BCUT2D eigenvalue weighted by atomic mass is 10.1. The molecule has 1 aromatic heterocycles. The van der Waals surface area contributed by atoms with E-state index < -0.39 is 36.4 Å². The van der Waals surface area contributed by atoms with Crippen LogP contribution in [0.15, 0.2) is 6.33 Å². The Kier molecular flexibility index (Phi) is 3.97. The molecule has 0 saturated carbocycles. The van der Waals surface area contributed by atoms with Crippen molar-refractivity contribution in [2.24, 2.45) is 5.73 Å². The normalized spacial score (nSPS) is 29.4. The highest BCUT2D eigenvalue weighted by Crippen LogP contribution is 2.28. The first kappa shape index (κ1) is 14.4. The molecule has 4 N–H and O–H groups in total. The van der Waals surface area contributed by atoms with Gasteiger partial charge in [-0.2, -0.15) is 0 Å². The molecule has 1 fully saturated rings.